The Bertz CT molecular complexity index is 436. The van der Waals surface area contributed by atoms with Gasteiger partial charge in [0.15, 0.2) is 0 Å². The molecule has 0 aliphatic carbocycles. The summed E-state index contributed by atoms with van der Waals surface area (Å²) in [7, 11) is 0. The van der Waals surface area contributed by atoms with Crippen molar-refractivity contribution >= 4 is 17.6 Å². The van der Waals surface area contributed by atoms with E-state index < -0.39 is 11.8 Å². The van der Waals surface area contributed by atoms with Crippen molar-refractivity contribution in [3.05, 3.63) is 22.7 Å². The number of rotatable bonds is 2. The Balaban J connectivity index is 2.23. The van der Waals surface area contributed by atoms with Crippen LogP contribution in [-0.4, -0.2) is 37.7 Å². The van der Waals surface area contributed by atoms with E-state index in [1.807, 2.05) is 0 Å². The predicted molar refractivity (Wildman–Crippen MR) is 61.0 cm³/mol. The monoisotopic (exact) mass is 243 g/mol. The molecule has 1 aromatic heterocycles. The lowest BCUT2D eigenvalue weighted by Gasteiger charge is -2.12. The first-order chi connectivity index (χ1) is 7.61. The molecule has 1 aliphatic heterocycles. The minimum absolute atomic E-state index is 0.0977. The number of aromatic nitrogens is 2. The van der Waals surface area contributed by atoms with Crippen LogP contribution in [0.1, 0.15) is 11.8 Å². The van der Waals surface area contributed by atoms with Crippen molar-refractivity contribution in [1.82, 2.24) is 9.55 Å². The fraction of sp³-hybridized carbons (Fsp3) is 0.556. The lowest BCUT2D eigenvalue weighted by molar-refractivity contribution is 0.137. The summed E-state index contributed by atoms with van der Waals surface area (Å²) in [5.74, 6) is 0.184. The minimum Gasteiger partial charge on any atom is -0.395 e. The van der Waals surface area contributed by atoms with Crippen molar-refractivity contribution in [1.29, 1.82) is 0 Å². The van der Waals surface area contributed by atoms with Gasteiger partial charge in [0.25, 0.3) is 0 Å². The Hall–Kier alpha value is -1.05. The van der Waals surface area contributed by atoms with Gasteiger partial charge in [0, 0.05) is 12.6 Å². The largest absolute Gasteiger partial charge is 0.395 e. The molecule has 1 aromatic rings. The van der Waals surface area contributed by atoms with E-state index >= 15 is 0 Å². The number of nitrogens with two attached hydrogens (primary N) is 1. The highest BCUT2D eigenvalue weighted by Crippen LogP contribution is 2.40. The molecule has 7 heteroatoms. The van der Waals surface area contributed by atoms with Gasteiger partial charge in [-0.15, -0.1) is 11.8 Å². The molecule has 88 valence electrons. The number of hydrogen-bond donors (Lipinski definition) is 3. The van der Waals surface area contributed by atoms with Crippen LogP contribution in [0.3, 0.4) is 0 Å². The standard InChI is InChI=1S/C9H13N3O3S/c10-7-1-2-12(9(15)11-7)8-3-5(14)6(4-13)16-8/h1-2,5-6,8,13-14H,3-4H2,(H2,10,11,15)/t5-,6+,8?/m0/s1. The van der Waals surface area contributed by atoms with Crippen molar-refractivity contribution in [3.63, 3.8) is 0 Å². The molecule has 0 aromatic carbocycles. The van der Waals surface area contributed by atoms with Gasteiger partial charge in [0.2, 0.25) is 0 Å². The maximum atomic E-state index is 11.5. The van der Waals surface area contributed by atoms with Crippen molar-refractivity contribution in [2.75, 3.05) is 12.3 Å². The second-order valence-corrected chi connectivity index (χ2v) is 5.08. The second kappa shape index (κ2) is 4.44. The first kappa shape index (κ1) is 11.4. The van der Waals surface area contributed by atoms with Crippen LogP contribution in [0.2, 0.25) is 0 Å². The zero-order chi connectivity index (χ0) is 11.7. The van der Waals surface area contributed by atoms with Crippen LogP contribution >= 0.6 is 11.8 Å². The van der Waals surface area contributed by atoms with Gasteiger partial charge in [-0.2, -0.15) is 4.98 Å². The lowest BCUT2D eigenvalue weighted by Crippen LogP contribution is -2.25. The summed E-state index contributed by atoms with van der Waals surface area (Å²) in [5, 5.41) is 18.2. The SMILES string of the molecule is Nc1ccn(C2C[C@H](O)[C@@H](CO)S2)c(=O)n1. The predicted octanol–water partition coefficient (Wildman–Crippen LogP) is -0.817. The molecule has 0 bridgehead atoms. The van der Waals surface area contributed by atoms with Gasteiger partial charge >= 0.3 is 5.69 Å². The fourth-order valence-corrected chi connectivity index (χ4v) is 3.08. The van der Waals surface area contributed by atoms with Gasteiger partial charge in [0.05, 0.1) is 23.3 Å². The van der Waals surface area contributed by atoms with E-state index in [4.69, 9.17) is 10.8 Å². The third-order valence-corrected chi connectivity index (χ3v) is 4.09. The van der Waals surface area contributed by atoms with E-state index in [0.29, 0.717) is 6.42 Å². The molecule has 0 amide bonds. The smallest absolute Gasteiger partial charge is 0.350 e. The summed E-state index contributed by atoms with van der Waals surface area (Å²) in [4.78, 5) is 15.2. The normalized spacial score (nSPS) is 29.5. The Kier molecular flexibility index (Phi) is 3.17. The lowest BCUT2D eigenvalue weighted by atomic mass is 10.2. The number of nitrogens with zero attached hydrogens (tertiary/aromatic N) is 2. The average Bonchev–Trinajstić information content (AvgIpc) is 2.59. The van der Waals surface area contributed by atoms with E-state index in [2.05, 4.69) is 4.98 Å². The van der Waals surface area contributed by atoms with Gasteiger partial charge in [-0.3, -0.25) is 4.57 Å². The zero-order valence-electron chi connectivity index (χ0n) is 8.48. The van der Waals surface area contributed by atoms with Crippen LogP contribution in [0.25, 0.3) is 0 Å². The van der Waals surface area contributed by atoms with Crippen LogP contribution in [0.15, 0.2) is 17.1 Å². The average molecular weight is 243 g/mol. The summed E-state index contributed by atoms with van der Waals surface area (Å²) >= 11 is 1.37. The molecule has 1 aliphatic rings. The highest BCUT2D eigenvalue weighted by atomic mass is 32.2. The molecule has 0 spiro atoms. The molecular weight excluding hydrogens is 230 g/mol. The third kappa shape index (κ3) is 2.06. The number of thioether (sulfide) groups is 1. The number of nitrogen functional groups attached to an aromatic ring is 1. The highest BCUT2D eigenvalue weighted by molar-refractivity contribution is 8.00. The summed E-state index contributed by atoms with van der Waals surface area (Å²) in [6.07, 6.45) is 1.40. The van der Waals surface area contributed by atoms with Gasteiger partial charge in [-0.1, -0.05) is 0 Å². The second-order valence-electron chi connectivity index (χ2n) is 3.66. The molecular formula is C9H13N3O3S. The number of aliphatic hydroxyl groups excluding tert-OH is 2. The first-order valence-corrected chi connectivity index (χ1v) is 5.85. The van der Waals surface area contributed by atoms with E-state index in [9.17, 15) is 9.90 Å². The molecule has 6 nitrogen and oxygen atoms in total. The molecule has 1 saturated heterocycles. The topological polar surface area (TPSA) is 101 Å². The number of aliphatic hydroxyl groups is 2. The Morgan fingerprint density at radius 2 is 2.44 bits per heavy atom. The maximum Gasteiger partial charge on any atom is 0.350 e. The molecule has 1 fully saturated rings. The summed E-state index contributed by atoms with van der Waals surface area (Å²) < 4.78 is 1.43. The Morgan fingerprint density at radius 3 is 3.00 bits per heavy atom. The van der Waals surface area contributed by atoms with Gasteiger partial charge < -0.3 is 15.9 Å². The molecule has 4 N–H and O–H groups in total. The van der Waals surface area contributed by atoms with Crippen LogP contribution in [0.5, 0.6) is 0 Å². The molecule has 0 saturated carbocycles. The van der Waals surface area contributed by atoms with Crippen molar-refractivity contribution in [3.8, 4) is 0 Å². The minimum atomic E-state index is -0.593. The summed E-state index contributed by atoms with van der Waals surface area (Å²) in [6, 6.07) is 1.54. The highest BCUT2D eigenvalue weighted by Gasteiger charge is 2.34. The molecule has 1 unspecified atom stereocenters. The molecule has 3 atom stereocenters. The van der Waals surface area contributed by atoms with Crippen molar-refractivity contribution in [2.24, 2.45) is 0 Å². The van der Waals surface area contributed by atoms with E-state index in [1.165, 1.54) is 16.3 Å². The van der Waals surface area contributed by atoms with Crippen LogP contribution in [-0.2, 0) is 0 Å². The van der Waals surface area contributed by atoms with Gasteiger partial charge in [-0.25, -0.2) is 4.79 Å². The number of hydrogen-bond acceptors (Lipinski definition) is 6. The zero-order valence-corrected chi connectivity index (χ0v) is 9.30. The maximum absolute atomic E-state index is 11.5. The van der Waals surface area contributed by atoms with E-state index in [0.717, 1.165) is 0 Å². The van der Waals surface area contributed by atoms with E-state index in [-0.39, 0.29) is 23.0 Å². The molecule has 16 heavy (non-hydrogen) atoms. The summed E-state index contributed by atoms with van der Waals surface area (Å²) in [6.45, 7) is -0.0977. The van der Waals surface area contributed by atoms with Crippen molar-refractivity contribution in [2.45, 2.75) is 23.1 Å². The fourth-order valence-electron chi connectivity index (χ4n) is 1.70. The Labute approximate surface area is 96.1 Å². The quantitative estimate of drug-likeness (QED) is 0.627. The van der Waals surface area contributed by atoms with Crippen LogP contribution in [0, 0.1) is 0 Å². The summed E-state index contributed by atoms with van der Waals surface area (Å²) in [5.41, 5.74) is 4.96. The first-order valence-electron chi connectivity index (χ1n) is 4.91. The molecule has 2 heterocycles. The Morgan fingerprint density at radius 1 is 1.69 bits per heavy atom. The third-order valence-electron chi connectivity index (χ3n) is 2.55. The van der Waals surface area contributed by atoms with Gasteiger partial charge in [0.1, 0.15) is 5.82 Å². The van der Waals surface area contributed by atoms with Crippen molar-refractivity contribution < 1.29 is 10.2 Å². The van der Waals surface area contributed by atoms with Crippen LogP contribution in [0.4, 0.5) is 5.82 Å². The van der Waals surface area contributed by atoms with Gasteiger partial charge in [-0.05, 0) is 6.07 Å². The van der Waals surface area contributed by atoms with Crippen LogP contribution < -0.4 is 11.4 Å². The molecule has 0 radical (unpaired) electrons. The molecule has 2 rings (SSSR count). The van der Waals surface area contributed by atoms with E-state index in [1.54, 1.807) is 12.3 Å². The number of anilines is 1.